The number of halogens is 7. The molecule has 0 bridgehead atoms. The highest BCUT2D eigenvalue weighted by Gasteiger charge is 2.80. The lowest BCUT2D eigenvalue weighted by molar-refractivity contribution is -0.688. The number of benzene rings is 1. The second-order valence-corrected chi connectivity index (χ2v) is 13.5. The van der Waals surface area contributed by atoms with Gasteiger partial charge in [0.15, 0.2) is 18.9 Å². The molecule has 2 nitrogen and oxygen atoms in total. The van der Waals surface area contributed by atoms with Gasteiger partial charge in [0.1, 0.15) is 0 Å². The van der Waals surface area contributed by atoms with Gasteiger partial charge in [0.05, 0.1) is 0 Å². The Balaban J connectivity index is 1.48. The number of nitrogens with zero attached hydrogens (tertiary/aromatic N) is 2. The molecule has 0 unspecified atom stereocenters. The maximum Gasteiger partial charge on any atom is 0.380 e. The molecule has 43 heavy (non-hydrogen) atoms. The fraction of sp³-hybridized carbons (Fsp3) is 0.188. The van der Waals surface area contributed by atoms with Crippen molar-refractivity contribution in [2.24, 2.45) is 0 Å². The minimum Gasteiger partial charge on any atom is -0.265 e. The number of rotatable bonds is 6. The Morgan fingerprint density at radius 2 is 1.40 bits per heavy atom. The van der Waals surface area contributed by atoms with E-state index in [1.807, 2.05) is 41.2 Å². The van der Waals surface area contributed by atoms with Crippen LogP contribution in [0.2, 0.25) is 0 Å². The Morgan fingerprint density at radius 1 is 0.767 bits per heavy atom. The zero-order valence-electron chi connectivity index (χ0n) is 22.6. The maximum atomic E-state index is 15.7. The predicted molar refractivity (Wildman–Crippen MR) is 162 cm³/mol. The molecule has 0 amide bonds. The normalized spacial score (nSPS) is 17.0. The molecular formula is C32H22BrF6N2S2+. The van der Waals surface area contributed by atoms with Gasteiger partial charge >= 0.3 is 17.8 Å². The van der Waals surface area contributed by atoms with Crippen LogP contribution in [0, 0.1) is 13.8 Å². The molecule has 0 aliphatic heterocycles. The molecule has 0 atom stereocenters. The highest BCUT2D eigenvalue weighted by Crippen LogP contribution is 2.66. The summed E-state index contributed by atoms with van der Waals surface area (Å²) < 4.78 is 95.7. The van der Waals surface area contributed by atoms with Crippen molar-refractivity contribution in [3.63, 3.8) is 0 Å². The molecule has 4 heterocycles. The van der Waals surface area contributed by atoms with E-state index < -0.39 is 28.9 Å². The number of alkyl halides is 6. The van der Waals surface area contributed by atoms with Crippen molar-refractivity contribution in [3.05, 3.63) is 116 Å². The molecular weight excluding hydrogens is 670 g/mol. The van der Waals surface area contributed by atoms with Gasteiger partial charge in [0.25, 0.3) is 0 Å². The number of thiophene rings is 2. The first-order chi connectivity index (χ1) is 20.3. The van der Waals surface area contributed by atoms with Crippen molar-refractivity contribution >= 4 is 49.7 Å². The third kappa shape index (κ3) is 4.85. The summed E-state index contributed by atoms with van der Waals surface area (Å²) in [6, 6.07) is 15.8. The number of pyridine rings is 2. The number of hydrogen-bond acceptors (Lipinski definition) is 3. The average molecular weight is 693 g/mol. The van der Waals surface area contributed by atoms with E-state index in [9.17, 15) is 0 Å². The van der Waals surface area contributed by atoms with Crippen LogP contribution >= 0.6 is 38.6 Å². The maximum absolute atomic E-state index is 15.7. The fourth-order valence-electron chi connectivity index (χ4n) is 5.32. The first-order valence-electron chi connectivity index (χ1n) is 13.0. The van der Waals surface area contributed by atoms with Gasteiger partial charge in [-0.25, -0.2) is 4.57 Å². The smallest absolute Gasteiger partial charge is 0.265 e. The van der Waals surface area contributed by atoms with Gasteiger partial charge in [-0.3, -0.25) is 4.98 Å². The molecule has 11 heteroatoms. The van der Waals surface area contributed by atoms with Crippen LogP contribution < -0.4 is 4.57 Å². The Morgan fingerprint density at radius 3 is 2.05 bits per heavy atom. The van der Waals surface area contributed by atoms with Gasteiger partial charge in [-0.2, -0.15) is 26.3 Å². The minimum atomic E-state index is -5.63. The molecule has 0 N–H and O–H groups in total. The molecule has 4 aromatic heterocycles. The quantitative estimate of drug-likeness (QED) is 0.128. The molecule has 0 saturated carbocycles. The summed E-state index contributed by atoms with van der Waals surface area (Å²) in [5.74, 6) is -15.9. The van der Waals surface area contributed by atoms with Crippen molar-refractivity contribution in [1.29, 1.82) is 0 Å². The molecule has 0 radical (unpaired) electrons. The van der Waals surface area contributed by atoms with E-state index in [0.717, 1.165) is 32.7 Å². The molecule has 0 spiro atoms. The van der Waals surface area contributed by atoms with Crippen molar-refractivity contribution in [2.45, 2.75) is 38.2 Å². The third-order valence-corrected chi connectivity index (χ3v) is 10.1. The van der Waals surface area contributed by atoms with E-state index in [2.05, 4.69) is 20.9 Å². The van der Waals surface area contributed by atoms with Crippen LogP contribution in [0.4, 0.5) is 26.3 Å². The lowest BCUT2D eigenvalue weighted by Crippen LogP contribution is -2.49. The van der Waals surface area contributed by atoms with E-state index in [0.29, 0.717) is 22.5 Å². The van der Waals surface area contributed by atoms with Gasteiger partial charge in [-0.1, -0.05) is 28.1 Å². The largest absolute Gasteiger partial charge is 0.380 e. The van der Waals surface area contributed by atoms with E-state index >= 15 is 26.3 Å². The van der Waals surface area contributed by atoms with E-state index in [-0.39, 0.29) is 26.4 Å². The highest BCUT2D eigenvalue weighted by atomic mass is 79.9. The summed E-state index contributed by atoms with van der Waals surface area (Å²) in [4.78, 5) is 4.89. The zero-order valence-corrected chi connectivity index (χ0v) is 25.9. The molecule has 5 aromatic rings. The third-order valence-electron chi connectivity index (χ3n) is 7.52. The van der Waals surface area contributed by atoms with Crippen LogP contribution in [0.1, 0.15) is 26.4 Å². The number of aryl methyl sites for hydroxylation is 2. The fourth-order valence-corrected chi connectivity index (χ4v) is 7.49. The molecule has 6 rings (SSSR count). The van der Waals surface area contributed by atoms with Crippen LogP contribution in [0.25, 0.3) is 32.7 Å². The molecule has 1 aliphatic rings. The average Bonchev–Trinajstić information content (AvgIpc) is 3.57. The number of hydrogen-bond donors (Lipinski definition) is 0. The predicted octanol–water partition coefficient (Wildman–Crippen LogP) is 10.1. The molecule has 220 valence electrons. The SMILES string of the molecule is Cc1sc(-c2cc[n+](Cc3ccc(Br)cc3)cc2)cc1C1=C(c2c(-c3ccncc3)csc2C)C(F)(F)C(F)(F)C1(F)F. The Hall–Kier alpha value is -3.28. The van der Waals surface area contributed by atoms with Gasteiger partial charge in [-0.15, -0.1) is 22.7 Å². The van der Waals surface area contributed by atoms with Gasteiger partial charge in [0.2, 0.25) is 0 Å². The van der Waals surface area contributed by atoms with Crippen LogP contribution in [0.15, 0.2) is 89.2 Å². The molecule has 0 fully saturated rings. The minimum absolute atomic E-state index is 0.178. The topological polar surface area (TPSA) is 16.8 Å². The molecule has 1 aromatic carbocycles. The van der Waals surface area contributed by atoms with Crippen LogP contribution in [0.5, 0.6) is 0 Å². The van der Waals surface area contributed by atoms with Gasteiger partial charge in [0, 0.05) is 77.0 Å². The molecule has 1 aliphatic carbocycles. The van der Waals surface area contributed by atoms with Crippen LogP contribution in [-0.4, -0.2) is 22.8 Å². The van der Waals surface area contributed by atoms with Gasteiger partial charge in [-0.05, 0) is 60.7 Å². The summed E-state index contributed by atoms with van der Waals surface area (Å²) in [6.07, 6.45) is 6.49. The Kier molecular flexibility index (Phi) is 7.42. The zero-order chi connectivity index (χ0) is 30.7. The Bertz CT molecular complexity index is 1840. The summed E-state index contributed by atoms with van der Waals surface area (Å²) in [6.45, 7) is 3.55. The van der Waals surface area contributed by atoms with E-state index in [1.165, 1.54) is 49.8 Å². The van der Waals surface area contributed by atoms with Crippen LogP contribution in [-0.2, 0) is 6.54 Å². The summed E-state index contributed by atoms with van der Waals surface area (Å²) >= 11 is 5.54. The van der Waals surface area contributed by atoms with E-state index in [4.69, 9.17) is 0 Å². The first-order valence-corrected chi connectivity index (χ1v) is 15.5. The van der Waals surface area contributed by atoms with Crippen molar-refractivity contribution in [2.75, 3.05) is 0 Å². The van der Waals surface area contributed by atoms with Crippen molar-refractivity contribution in [3.8, 4) is 21.6 Å². The number of allylic oxidation sites excluding steroid dienone is 2. The van der Waals surface area contributed by atoms with Crippen molar-refractivity contribution < 1.29 is 30.9 Å². The summed E-state index contributed by atoms with van der Waals surface area (Å²) in [5.41, 5.74) is -0.964. The second-order valence-electron chi connectivity index (χ2n) is 10.3. The highest BCUT2D eigenvalue weighted by molar-refractivity contribution is 9.10. The van der Waals surface area contributed by atoms with Crippen molar-refractivity contribution in [1.82, 2.24) is 4.98 Å². The summed E-state index contributed by atoms with van der Waals surface area (Å²) in [5, 5.41) is 1.52. The lowest BCUT2D eigenvalue weighted by atomic mass is 9.91. The summed E-state index contributed by atoms with van der Waals surface area (Å²) in [7, 11) is 0. The number of aromatic nitrogens is 2. The van der Waals surface area contributed by atoms with E-state index in [1.54, 1.807) is 12.1 Å². The standard InChI is InChI=1S/C32H22BrF6N2S2/c1-18-24(15-26(43-18)22-9-13-41(14-10-22)16-20-3-5-23(33)6-4-20)28-29(31(36,37)32(38,39)30(28,34)35)27-19(2)42-17-25(27)21-7-11-40-12-8-21/h3-15,17H,16H2,1-2H3/q+1. The lowest BCUT2D eigenvalue weighted by Gasteiger charge is -2.26. The van der Waals surface area contributed by atoms with Crippen LogP contribution in [0.3, 0.4) is 0 Å². The Labute approximate surface area is 260 Å². The monoisotopic (exact) mass is 691 g/mol. The second kappa shape index (κ2) is 10.7. The molecule has 0 saturated heterocycles. The first kappa shape index (κ1) is 29.8. The van der Waals surface area contributed by atoms with Gasteiger partial charge < -0.3 is 0 Å².